The Morgan fingerprint density at radius 1 is 0.167 bits per heavy atom. The van der Waals surface area contributed by atoms with Gasteiger partial charge in [-0.15, -0.1) is 0 Å². The molecule has 0 heterocycles. The highest BCUT2D eigenvalue weighted by atomic mass is 28.5. The molecule has 0 aliphatic heterocycles. The fraction of sp³-hybridized carbons (Fsp3) is 0.326. The van der Waals surface area contributed by atoms with Crippen molar-refractivity contribution in [2.45, 2.75) is 186 Å². The molecule has 606 valence electrons. The lowest BCUT2D eigenvalue weighted by Gasteiger charge is -2.46. The maximum atomic E-state index is 8.30. The first kappa shape index (κ1) is 91.4. The van der Waals surface area contributed by atoms with Crippen LogP contribution < -0.4 is 51.9 Å². The first-order valence-corrected chi connectivity index (χ1v) is 81.4. The van der Waals surface area contributed by atoms with Crippen molar-refractivity contribution in [1.29, 1.82) is 0 Å². The Kier molecular flexibility index (Phi) is 30.6. The minimum absolute atomic E-state index is 0.871. The number of hydrogen-bond donors (Lipinski definition) is 0. The van der Waals surface area contributed by atoms with E-state index >= 15 is 0 Å². The van der Waals surface area contributed by atoms with Crippen LogP contribution in [0.25, 0.3) is 0 Å². The van der Waals surface area contributed by atoms with E-state index < -0.39 is 127 Å². The van der Waals surface area contributed by atoms with Gasteiger partial charge in [0, 0.05) is 0 Å². The minimum atomic E-state index is -3.53. The van der Waals surface area contributed by atoms with Gasteiger partial charge in [0.2, 0.25) is 0 Å². The second-order valence-corrected chi connectivity index (χ2v) is 95.7. The molecule has 0 unspecified atom stereocenters. The maximum absolute atomic E-state index is 8.30. The van der Waals surface area contributed by atoms with Crippen molar-refractivity contribution in [3.05, 3.63) is 303 Å². The van der Waals surface area contributed by atoms with E-state index in [1.807, 2.05) is 0 Å². The van der Waals surface area contributed by atoms with Crippen LogP contribution >= 0.6 is 0 Å². The Morgan fingerprint density at radius 2 is 0.281 bits per heavy atom. The first-order chi connectivity index (χ1) is 53.7. The fourth-order valence-electron chi connectivity index (χ4n) is 15.4. The van der Waals surface area contributed by atoms with E-state index in [2.05, 4.69) is 441 Å². The molecule has 0 saturated heterocycles. The van der Waals surface area contributed by atoms with E-state index in [0.29, 0.717) is 0 Å². The molecule has 0 aliphatic rings. The van der Waals surface area contributed by atoms with E-state index in [4.69, 9.17) is 41.2 Å². The lowest BCUT2D eigenvalue weighted by Crippen LogP contribution is -2.71. The van der Waals surface area contributed by atoms with E-state index in [-0.39, 0.29) is 0 Å². The summed E-state index contributed by atoms with van der Waals surface area (Å²) >= 11 is 0. The molecule has 0 amide bonds. The van der Waals surface area contributed by atoms with Crippen molar-refractivity contribution >= 4 is 179 Å². The molecule has 0 radical (unpaired) electrons. The van der Waals surface area contributed by atoms with Crippen LogP contribution in [0.5, 0.6) is 0 Å². The van der Waals surface area contributed by atoms with Gasteiger partial charge in [0.05, 0.1) is 0 Å². The molecule has 10 rings (SSSR count). The van der Waals surface area contributed by atoms with Crippen molar-refractivity contribution in [3.8, 4) is 0 Å². The average molecular weight is 1780 g/mol. The summed E-state index contributed by atoms with van der Waals surface area (Å²) in [4.78, 5) is 0. The third-order valence-corrected chi connectivity index (χ3v) is 79.3. The van der Waals surface area contributed by atoms with Crippen LogP contribution in [0.3, 0.4) is 0 Å². The molecule has 0 N–H and O–H groups in total. The van der Waals surface area contributed by atoms with Gasteiger partial charge in [0.25, 0.3) is 0 Å². The van der Waals surface area contributed by atoms with Gasteiger partial charge in [0.15, 0.2) is 83.9 Å². The van der Waals surface area contributed by atoms with Crippen LogP contribution in [-0.2, 0) is 41.2 Å². The molecular formula is C89H130O10Si15. The maximum Gasteiger partial charge on any atom is 0.386 e. The predicted octanol–water partition coefficient (Wildman–Crippen LogP) is 17.9. The van der Waals surface area contributed by atoms with Crippen LogP contribution in [0.1, 0.15) is 0 Å². The molecule has 10 aromatic rings. The summed E-state index contributed by atoms with van der Waals surface area (Å²) in [5, 5.41) is 11.4. The molecule has 114 heavy (non-hydrogen) atoms. The summed E-state index contributed by atoms with van der Waals surface area (Å²) in [5.74, 6) is 0. The average Bonchev–Trinajstić information content (AvgIpc) is 0.758. The second kappa shape index (κ2) is 38.2. The molecule has 25 heteroatoms. The summed E-state index contributed by atoms with van der Waals surface area (Å²) < 4.78 is 80.0. The van der Waals surface area contributed by atoms with Gasteiger partial charge in [-0.05, 0) is 238 Å². The summed E-state index contributed by atoms with van der Waals surface area (Å²) in [7, 11) is -41.6. The third-order valence-electron chi connectivity index (χ3n) is 21.1. The van der Waals surface area contributed by atoms with Crippen LogP contribution in [0.4, 0.5) is 0 Å². The van der Waals surface area contributed by atoms with Gasteiger partial charge in [-0.2, -0.15) is 0 Å². The molecule has 10 aromatic carbocycles. The Bertz CT molecular complexity index is 4360. The first-order valence-electron chi connectivity index (χ1n) is 41.2. The van der Waals surface area contributed by atoms with Crippen molar-refractivity contribution < 1.29 is 41.2 Å². The van der Waals surface area contributed by atoms with E-state index in [9.17, 15) is 0 Å². The fourth-order valence-corrected chi connectivity index (χ4v) is 89.3. The van der Waals surface area contributed by atoms with Gasteiger partial charge >= 0.3 is 42.8 Å². The molecule has 10 nitrogen and oxygen atoms in total. The van der Waals surface area contributed by atoms with Gasteiger partial charge in [-0.3, -0.25) is 0 Å². The van der Waals surface area contributed by atoms with E-state index in [0.717, 1.165) is 100 Å². The van der Waals surface area contributed by atoms with Crippen molar-refractivity contribution in [2.24, 2.45) is 0 Å². The summed E-state index contributed by atoms with van der Waals surface area (Å²) in [6.45, 7) is 50.1. The number of hydrogen-bond acceptors (Lipinski definition) is 10. The van der Waals surface area contributed by atoms with Gasteiger partial charge < -0.3 is 41.2 Å². The number of benzene rings is 10. The summed E-state index contributed by atoms with van der Waals surface area (Å²) in [6, 6.07) is 116. The monoisotopic (exact) mass is 1780 g/mol. The van der Waals surface area contributed by atoms with E-state index in [1.54, 1.807) is 0 Å². The lowest BCUT2D eigenvalue weighted by molar-refractivity contribution is 0.396. The van der Waals surface area contributed by atoms with Crippen molar-refractivity contribution in [1.82, 2.24) is 0 Å². The van der Waals surface area contributed by atoms with Gasteiger partial charge in [0.1, 0.15) is 0 Å². The molecule has 0 aliphatic carbocycles. The highest BCUT2D eigenvalue weighted by Crippen LogP contribution is 2.37. The Balaban J connectivity index is 0.920. The SMILES string of the molecule is C[SiH](C)O[Si](O[Si](C)(C)CC[Si](C)(C)O[Si](O[Si](C)(C)CC[Si](C)(C)O[Si](O[Si](C)(C)CC[Si](C)(C)O[Si](O[Si](C)(C)CC[Si](C)(C)O[Si](O[Si](C)(C)C)(c1ccccc1)c1ccccc1)(c1ccccc1)c1ccccc1)(c1ccccc1)c1ccccc1)(c1ccccc1)c1ccccc1)(c1ccccc1)c1ccccc1. The molecule has 0 bridgehead atoms. The smallest absolute Gasteiger partial charge is 0.386 e. The van der Waals surface area contributed by atoms with Gasteiger partial charge in [-0.25, -0.2) is 0 Å². The topological polar surface area (TPSA) is 92.3 Å². The molecule has 0 aromatic heterocycles. The molecule has 0 saturated carbocycles. The van der Waals surface area contributed by atoms with E-state index in [1.165, 1.54) is 0 Å². The third kappa shape index (κ3) is 24.4. The summed E-state index contributed by atoms with van der Waals surface area (Å²) in [6.07, 6.45) is 0. The molecular weight excluding hydrogens is 1650 g/mol. The highest BCUT2D eigenvalue weighted by molar-refractivity contribution is 7.07. The Hall–Kier alpha value is -4.95. The Morgan fingerprint density at radius 3 is 0.404 bits per heavy atom. The zero-order valence-electron chi connectivity index (χ0n) is 72.2. The molecule has 0 spiro atoms. The zero-order chi connectivity index (χ0) is 82.4. The second-order valence-electron chi connectivity index (χ2n) is 37.0. The zero-order valence-corrected chi connectivity index (χ0v) is 87.3. The van der Waals surface area contributed by atoms with Crippen LogP contribution in [0, 0.1) is 0 Å². The minimum Gasteiger partial charge on any atom is -0.433 e. The Labute approximate surface area is 702 Å². The quantitative estimate of drug-likeness (QED) is 0.0345. The highest BCUT2D eigenvalue weighted by Gasteiger charge is 2.57. The molecule has 0 fully saturated rings. The normalized spacial score (nSPS) is 13.7. The van der Waals surface area contributed by atoms with Crippen LogP contribution in [0.2, 0.25) is 186 Å². The standard InChI is InChI=1S/C89H130O10Si15/c1-100(2)90-110(80-52-32-22-33-53-80,81-54-34-23-35-55-81)92-102(6,7)72-73-104(10,11)94-112(84-60-40-26-41-61-84,85-62-42-27-43-63-85)96-106(14,15)76-77-108(18,19)98-114(88-68-48-30-49-69-88,89-70-50-31-51-71-89)99-109(20,21)79-78-107(16,17)97-113(86-64-44-28-45-65-86,87-66-46-29-47-67-87)95-105(12,13)75-74-103(8,9)93-111(91-101(3,4)5,82-56-36-24-37-57-82)83-58-38-25-39-59-83/h22-71,100H,72-79H2,1-21H3. The summed E-state index contributed by atoms with van der Waals surface area (Å²) in [5.41, 5.74) is 0. The molecule has 0 atom stereocenters. The predicted molar refractivity (Wildman–Crippen MR) is 521 cm³/mol. The van der Waals surface area contributed by atoms with Crippen LogP contribution in [-0.4, -0.2) is 127 Å². The van der Waals surface area contributed by atoms with Crippen molar-refractivity contribution in [3.63, 3.8) is 0 Å². The lowest BCUT2D eigenvalue weighted by atomic mass is 10.4. The largest absolute Gasteiger partial charge is 0.433 e. The van der Waals surface area contributed by atoms with Crippen molar-refractivity contribution in [2.75, 3.05) is 0 Å². The van der Waals surface area contributed by atoms with Gasteiger partial charge in [-0.1, -0.05) is 303 Å². The van der Waals surface area contributed by atoms with Crippen LogP contribution in [0.15, 0.2) is 303 Å². The number of rotatable bonds is 42.